The van der Waals surface area contributed by atoms with Crippen molar-refractivity contribution >= 4 is 33.3 Å². The van der Waals surface area contributed by atoms with Gasteiger partial charge in [0.1, 0.15) is 10.6 Å². The minimum absolute atomic E-state index is 0.0822. The minimum Gasteiger partial charge on any atom is -0.360 e. The standard InChI is InChI=1S/C20H27N5O5S/c1-13(2)19(26)21-16-5-7-17(8-6-16)22-20(27)24-9-11-25(12-10-24)31(28,29)18-14(3)23-30-15(18)4/h5-8,13H,9-12H2,1-4H3,(H,21,26)(H,22,27). The molecule has 0 radical (unpaired) electrons. The van der Waals surface area contributed by atoms with Crippen molar-refractivity contribution in [3.05, 3.63) is 35.7 Å². The van der Waals surface area contributed by atoms with E-state index < -0.39 is 10.0 Å². The fourth-order valence-electron chi connectivity index (χ4n) is 3.23. The molecular weight excluding hydrogens is 422 g/mol. The van der Waals surface area contributed by atoms with Crippen molar-refractivity contribution in [1.82, 2.24) is 14.4 Å². The number of hydrogen-bond donors (Lipinski definition) is 2. The molecule has 2 heterocycles. The highest BCUT2D eigenvalue weighted by atomic mass is 32.2. The number of rotatable bonds is 5. The number of benzene rings is 1. The van der Waals surface area contributed by atoms with Gasteiger partial charge in [0.15, 0.2) is 5.76 Å². The van der Waals surface area contributed by atoms with Crippen LogP contribution in [0.3, 0.4) is 0 Å². The Hall–Kier alpha value is -2.92. The molecule has 0 unspecified atom stereocenters. The zero-order valence-corrected chi connectivity index (χ0v) is 18.8. The molecule has 0 atom stereocenters. The van der Waals surface area contributed by atoms with E-state index in [1.807, 2.05) is 13.8 Å². The van der Waals surface area contributed by atoms with Crippen molar-refractivity contribution in [3.63, 3.8) is 0 Å². The van der Waals surface area contributed by atoms with Crippen LogP contribution in [0.15, 0.2) is 33.7 Å². The smallest absolute Gasteiger partial charge is 0.321 e. The van der Waals surface area contributed by atoms with Crippen LogP contribution in [0.1, 0.15) is 25.3 Å². The Balaban J connectivity index is 1.56. The van der Waals surface area contributed by atoms with E-state index in [0.717, 1.165) is 0 Å². The molecule has 0 saturated carbocycles. The molecule has 1 aliphatic rings. The number of piperazine rings is 1. The highest BCUT2D eigenvalue weighted by Gasteiger charge is 2.34. The normalized spacial score (nSPS) is 15.2. The summed E-state index contributed by atoms with van der Waals surface area (Å²) in [4.78, 5) is 26.0. The third-order valence-electron chi connectivity index (χ3n) is 5.02. The number of aromatic nitrogens is 1. The molecule has 0 aliphatic carbocycles. The van der Waals surface area contributed by atoms with E-state index in [2.05, 4.69) is 15.8 Å². The number of sulfonamides is 1. The highest BCUT2D eigenvalue weighted by Crippen LogP contribution is 2.24. The average Bonchev–Trinajstić information content (AvgIpc) is 3.08. The lowest BCUT2D eigenvalue weighted by Crippen LogP contribution is -2.51. The van der Waals surface area contributed by atoms with Crippen LogP contribution in [0.2, 0.25) is 0 Å². The van der Waals surface area contributed by atoms with Gasteiger partial charge in [0.2, 0.25) is 15.9 Å². The molecule has 2 aromatic rings. The average molecular weight is 450 g/mol. The lowest BCUT2D eigenvalue weighted by Gasteiger charge is -2.33. The zero-order valence-electron chi connectivity index (χ0n) is 18.0. The molecule has 2 N–H and O–H groups in total. The lowest BCUT2D eigenvalue weighted by molar-refractivity contribution is -0.118. The quantitative estimate of drug-likeness (QED) is 0.722. The number of hydrogen-bond acceptors (Lipinski definition) is 6. The number of carbonyl (C=O) groups excluding carboxylic acids is 2. The van der Waals surface area contributed by atoms with Gasteiger partial charge in [-0.05, 0) is 38.1 Å². The summed E-state index contributed by atoms with van der Waals surface area (Å²) in [5, 5.41) is 9.30. The van der Waals surface area contributed by atoms with E-state index in [4.69, 9.17) is 4.52 Å². The van der Waals surface area contributed by atoms with Crippen molar-refractivity contribution in [2.24, 2.45) is 5.92 Å². The van der Waals surface area contributed by atoms with Crippen LogP contribution in [-0.4, -0.2) is 60.9 Å². The molecule has 168 valence electrons. The van der Waals surface area contributed by atoms with Gasteiger partial charge in [-0.25, -0.2) is 13.2 Å². The Bertz CT molecular complexity index is 1030. The molecule has 0 spiro atoms. The van der Waals surface area contributed by atoms with Crippen LogP contribution < -0.4 is 10.6 Å². The highest BCUT2D eigenvalue weighted by molar-refractivity contribution is 7.89. The van der Waals surface area contributed by atoms with Gasteiger partial charge >= 0.3 is 6.03 Å². The van der Waals surface area contributed by atoms with Crippen molar-refractivity contribution in [2.45, 2.75) is 32.6 Å². The van der Waals surface area contributed by atoms with Crippen LogP contribution >= 0.6 is 0 Å². The van der Waals surface area contributed by atoms with Crippen molar-refractivity contribution in [2.75, 3.05) is 36.8 Å². The summed E-state index contributed by atoms with van der Waals surface area (Å²) in [6.07, 6.45) is 0. The predicted molar refractivity (Wildman–Crippen MR) is 115 cm³/mol. The monoisotopic (exact) mass is 449 g/mol. The third-order valence-corrected chi connectivity index (χ3v) is 7.16. The van der Waals surface area contributed by atoms with E-state index in [1.54, 1.807) is 43.0 Å². The van der Waals surface area contributed by atoms with Gasteiger partial charge < -0.3 is 20.1 Å². The molecule has 31 heavy (non-hydrogen) atoms. The van der Waals surface area contributed by atoms with Crippen molar-refractivity contribution in [1.29, 1.82) is 0 Å². The van der Waals surface area contributed by atoms with Crippen molar-refractivity contribution < 1.29 is 22.5 Å². The Labute approximate surface area is 181 Å². The largest absolute Gasteiger partial charge is 0.360 e. The number of aryl methyl sites for hydroxylation is 2. The summed E-state index contributed by atoms with van der Waals surface area (Å²) in [6, 6.07) is 6.51. The summed E-state index contributed by atoms with van der Waals surface area (Å²) < 4.78 is 32.1. The molecule has 1 aromatic carbocycles. The van der Waals surface area contributed by atoms with Gasteiger partial charge in [0.25, 0.3) is 0 Å². The van der Waals surface area contributed by atoms with Gasteiger partial charge in [0.05, 0.1) is 0 Å². The molecule has 3 rings (SSSR count). The Kier molecular flexibility index (Phi) is 6.65. The van der Waals surface area contributed by atoms with E-state index in [0.29, 0.717) is 17.1 Å². The second kappa shape index (κ2) is 9.06. The van der Waals surface area contributed by atoms with E-state index in [9.17, 15) is 18.0 Å². The predicted octanol–water partition coefficient (Wildman–Crippen LogP) is 2.42. The van der Waals surface area contributed by atoms with E-state index in [-0.39, 0.29) is 54.7 Å². The minimum atomic E-state index is -3.72. The molecule has 1 aromatic heterocycles. The number of amides is 3. The molecule has 11 heteroatoms. The fourth-order valence-corrected chi connectivity index (χ4v) is 4.94. The van der Waals surface area contributed by atoms with E-state index >= 15 is 0 Å². The second-order valence-corrected chi connectivity index (χ2v) is 9.57. The van der Waals surface area contributed by atoms with Gasteiger partial charge in [-0.15, -0.1) is 0 Å². The van der Waals surface area contributed by atoms with Crippen molar-refractivity contribution in [3.8, 4) is 0 Å². The van der Waals surface area contributed by atoms with Crippen LogP contribution in [0.5, 0.6) is 0 Å². The summed E-state index contributed by atoms with van der Waals surface area (Å²) in [6.45, 7) is 7.66. The fraction of sp³-hybridized carbons (Fsp3) is 0.450. The first-order valence-electron chi connectivity index (χ1n) is 9.99. The van der Waals surface area contributed by atoms with Crippen LogP contribution in [-0.2, 0) is 14.8 Å². The van der Waals surface area contributed by atoms with Gasteiger partial charge in [-0.2, -0.15) is 4.31 Å². The lowest BCUT2D eigenvalue weighted by atomic mass is 10.2. The Morgan fingerprint density at radius 3 is 2.03 bits per heavy atom. The number of nitrogens with one attached hydrogen (secondary N) is 2. The number of nitrogens with zero attached hydrogens (tertiary/aromatic N) is 3. The molecule has 1 saturated heterocycles. The first kappa shape index (κ1) is 22.8. The Morgan fingerprint density at radius 1 is 1.00 bits per heavy atom. The maximum atomic E-state index is 12.9. The molecule has 1 aliphatic heterocycles. The number of carbonyl (C=O) groups is 2. The third kappa shape index (κ3) is 5.05. The topological polar surface area (TPSA) is 125 Å². The molecule has 10 nitrogen and oxygen atoms in total. The summed E-state index contributed by atoms with van der Waals surface area (Å²) in [5.74, 6) is 0.0476. The summed E-state index contributed by atoms with van der Waals surface area (Å²) in [7, 11) is -3.72. The van der Waals surface area contributed by atoms with Gasteiger partial charge in [-0.3, -0.25) is 4.79 Å². The van der Waals surface area contributed by atoms with Crippen LogP contribution in [0.25, 0.3) is 0 Å². The summed E-state index contributed by atoms with van der Waals surface area (Å²) in [5.41, 5.74) is 1.55. The first-order valence-corrected chi connectivity index (χ1v) is 11.4. The molecule has 3 amide bonds. The maximum Gasteiger partial charge on any atom is 0.321 e. The molecule has 0 bridgehead atoms. The molecular formula is C20H27N5O5S. The van der Waals surface area contributed by atoms with Gasteiger partial charge in [0, 0.05) is 43.5 Å². The van der Waals surface area contributed by atoms with E-state index in [1.165, 1.54) is 4.31 Å². The summed E-state index contributed by atoms with van der Waals surface area (Å²) >= 11 is 0. The molecule has 1 fully saturated rings. The van der Waals surface area contributed by atoms with Crippen LogP contribution in [0, 0.1) is 19.8 Å². The Morgan fingerprint density at radius 2 is 1.55 bits per heavy atom. The number of urea groups is 1. The maximum absolute atomic E-state index is 12.9. The number of anilines is 2. The first-order chi connectivity index (χ1) is 14.6. The zero-order chi connectivity index (χ0) is 22.8. The second-order valence-electron chi connectivity index (χ2n) is 7.70. The SMILES string of the molecule is Cc1noc(C)c1S(=O)(=O)N1CCN(C(=O)Nc2ccc(NC(=O)C(C)C)cc2)CC1. The van der Waals surface area contributed by atoms with Gasteiger partial charge in [-0.1, -0.05) is 19.0 Å². The van der Waals surface area contributed by atoms with Crippen LogP contribution in [0.4, 0.5) is 16.2 Å².